The number of nitrogens with two attached hydrogens (primary N) is 1. The number of ether oxygens (including phenoxy) is 1. The van der Waals surface area contributed by atoms with E-state index in [1.165, 1.54) is 16.7 Å². The average Bonchev–Trinajstić information content (AvgIpc) is 2.48. The van der Waals surface area contributed by atoms with Crippen molar-refractivity contribution in [3.8, 4) is 0 Å². The Kier molecular flexibility index (Phi) is 4.86. The summed E-state index contributed by atoms with van der Waals surface area (Å²) >= 11 is 0. The third-order valence-corrected chi connectivity index (χ3v) is 5.22. The fourth-order valence-electron chi connectivity index (χ4n) is 2.23. The zero-order valence-electron chi connectivity index (χ0n) is 11.3. The van der Waals surface area contributed by atoms with Crippen molar-refractivity contribution < 1.29 is 13.2 Å². The molecule has 1 aromatic heterocycles. The van der Waals surface area contributed by atoms with E-state index in [1.807, 2.05) is 0 Å². The zero-order valence-corrected chi connectivity index (χ0v) is 12.1. The van der Waals surface area contributed by atoms with Crippen molar-refractivity contribution in [3.05, 3.63) is 12.4 Å². The summed E-state index contributed by atoms with van der Waals surface area (Å²) in [6.45, 7) is 1.66. The van der Waals surface area contributed by atoms with Crippen LogP contribution in [0.1, 0.15) is 12.8 Å². The van der Waals surface area contributed by atoms with Gasteiger partial charge in [-0.05, 0) is 18.8 Å². The minimum Gasteiger partial charge on any atom is -0.384 e. The lowest BCUT2D eigenvalue weighted by atomic mass is 9.99. The first kappa shape index (κ1) is 15.1. The number of rotatable bonds is 5. The predicted octanol–water partition coefficient (Wildman–Crippen LogP) is -0.191. The van der Waals surface area contributed by atoms with Gasteiger partial charge in [0.2, 0.25) is 16.0 Å². The molecule has 8 nitrogen and oxygen atoms in total. The molecular weight excluding hydrogens is 282 g/mol. The molecule has 0 bridgehead atoms. The van der Waals surface area contributed by atoms with Gasteiger partial charge in [-0.3, -0.25) is 5.43 Å². The lowest BCUT2D eigenvalue weighted by Gasteiger charge is -2.30. The Bertz CT molecular complexity index is 525. The van der Waals surface area contributed by atoms with Gasteiger partial charge in [0.05, 0.1) is 12.4 Å². The third-order valence-electron chi connectivity index (χ3n) is 3.37. The molecule has 0 aromatic carbocycles. The Morgan fingerprint density at radius 3 is 2.50 bits per heavy atom. The monoisotopic (exact) mass is 301 g/mol. The number of nitrogens with zero attached hydrogens (tertiary/aromatic N) is 3. The maximum Gasteiger partial charge on any atom is 0.246 e. The van der Waals surface area contributed by atoms with Gasteiger partial charge in [0.15, 0.2) is 0 Å². The second kappa shape index (κ2) is 6.44. The largest absolute Gasteiger partial charge is 0.384 e. The molecule has 1 aliphatic heterocycles. The molecule has 0 saturated carbocycles. The number of nitrogens with one attached hydrogen (secondary N) is 1. The number of sulfonamides is 1. The van der Waals surface area contributed by atoms with E-state index >= 15 is 0 Å². The summed E-state index contributed by atoms with van der Waals surface area (Å²) in [4.78, 5) is 7.74. The van der Waals surface area contributed by atoms with Crippen LogP contribution in [0.3, 0.4) is 0 Å². The highest BCUT2D eigenvalue weighted by molar-refractivity contribution is 7.89. The predicted molar refractivity (Wildman–Crippen MR) is 73.2 cm³/mol. The highest BCUT2D eigenvalue weighted by Crippen LogP contribution is 2.23. The molecule has 1 aliphatic rings. The Balaban J connectivity index is 2.07. The van der Waals surface area contributed by atoms with Gasteiger partial charge >= 0.3 is 0 Å². The van der Waals surface area contributed by atoms with Gasteiger partial charge in [-0.15, -0.1) is 0 Å². The molecule has 2 rings (SSSR count). The second-order valence-electron chi connectivity index (χ2n) is 4.69. The zero-order chi connectivity index (χ0) is 14.6. The molecule has 2 heterocycles. The van der Waals surface area contributed by atoms with E-state index < -0.39 is 10.0 Å². The van der Waals surface area contributed by atoms with Crippen LogP contribution in [0, 0.1) is 5.92 Å². The summed E-state index contributed by atoms with van der Waals surface area (Å²) in [5.74, 6) is 5.75. The van der Waals surface area contributed by atoms with E-state index in [-0.39, 0.29) is 10.8 Å². The topological polar surface area (TPSA) is 110 Å². The maximum absolute atomic E-state index is 12.4. The lowest BCUT2D eigenvalue weighted by molar-refractivity contribution is 0.121. The van der Waals surface area contributed by atoms with Crippen molar-refractivity contribution in [2.24, 2.45) is 11.8 Å². The number of hydrogen-bond acceptors (Lipinski definition) is 7. The van der Waals surface area contributed by atoms with Gasteiger partial charge in [-0.1, -0.05) is 0 Å². The van der Waals surface area contributed by atoms with Crippen molar-refractivity contribution >= 4 is 16.0 Å². The van der Waals surface area contributed by atoms with Crippen molar-refractivity contribution in [2.75, 3.05) is 32.2 Å². The van der Waals surface area contributed by atoms with E-state index in [9.17, 15) is 8.42 Å². The van der Waals surface area contributed by atoms with Crippen LogP contribution in [0.2, 0.25) is 0 Å². The minimum atomic E-state index is -3.53. The highest BCUT2D eigenvalue weighted by atomic mass is 32.2. The summed E-state index contributed by atoms with van der Waals surface area (Å²) in [6.07, 6.45) is 4.13. The van der Waals surface area contributed by atoms with Crippen LogP contribution in [0.4, 0.5) is 5.95 Å². The molecule has 112 valence electrons. The molecular formula is C11H19N5O3S. The number of anilines is 1. The van der Waals surface area contributed by atoms with E-state index in [1.54, 1.807) is 7.11 Å². The number of hydrogen-bond donors (Lipinski definition) is 2. The second-order valence-corrected chi connectivity index (χ2v) is 6.63. The summed E-state index contributed by atoms with van der Waals surface area (Å²) in [7, 11) is -1.87. The quantitative estimate of drug-likeness (QED) is 0.573. The molecule has 1 aromatic rings. The summed E-state index contributed by atoms with van der Waals surface area (Å²) < 4.78 is 31.4. The van der Waals surface area contributed by atoms with Gasteiger partial charge in [0.25, 0.3) is 0 Å². The van der Waals surface area contributed by atoms with Crippen LogP contribution in [0.5, 0.6) is 0 Å². The van der Waals surface area contributed by atoms with Crippen molar-refractivity contribution in [2.45, 2.75) is 17.7 Å². The Hall–Kier alpha value is -1.29. The molecule has 0 unspecified atom stereocenters. The minimum absolute atomic E-state index is 0.0849. The molecule has 0 spiro atoms. The normalized spacial score (nSPS) is 18.1. The first-order chi connectivity index (χ1) is 9.57. The van der Waals surface area contributed by atoms with Gasteiger partial charge in [-0.2, -0.15) is 4.31 Å². The smallest absolute Gasteiger partial charge is 0.246 e. The van der Waals surface area contributed by atoms with Crippen LogP contribution in [-0.4, -0.2) is 49.5 Å². The Labute approximate surface area is 118 Å². The van der Waals surface area contributed by atoms with Gasteiger partial charge in [0.1, 0.15) is 4.90 Å². The molecule has 0 atom stereocenters. The molecule has 1 saturated heterocycles. The highest BCUT2D eigenvalue weighted by Gasteiger charge is 2.29. The Morgan fingerprint density at radius 2 is 2.00 bits per heavy atom. The molecule has 9 heteroatoms. The van der Waals surface area contributed by atoms with E-state index in [0.717, 1.165) is 12.8 Å². The van der Waals surface area contributed by atoms with Gasteiger partial charge in [-0.25, -0.2) is 24.2 Å². The molecule has 0 amide bonds. The average molecular weight is 301 g/mol. The molecule has 1 fully saturated rings. The number of methoxy groups -OCH3 is 1. The van der Waals surface area contributed by atoms with Crippen molar-refractivity contribution in [1.82, 2.24) is 14.3 Å². The van der Waals surface area contributed by atoms with Crippen molar-refractivity contribution in [1.29, 1.82) is 0 Å². The number of aromatic nitrogens is 2. The van der Waals surface area contributed by atoms with E-state index in [4.69, 9.17) is 10.6 Å². The van der Waals surface area contributed by atoms with Crippen LogP contribution < -0.4 is 11.3 Å². The number of nitrogen functional groups attached to an aromatic ring is 1. The fraction of sp³-hybridized carbons (Fsp3) is 0.636. The first-order valence-corrected chi connectivity index (χ1v) is 7.79. The number of piperidine rings is 1. The Morgan fingerprint density at radius 1 is 1.40 bits per heavy atom. The lowest BCUT2D eigenvalue weighted by Crippen LogP contribution is -2.39. The molecule has 3 N–H and O–H groups in total. The fourth-order valence-corrected chi connectivity index (χ4v) is 3.59. The molecule has 0 aliphatic carbocycles. The van der Waals surface area contributed by atoms with Crippen LogP contribution in [0.25, 0.3) is 0 Å². The summed E-state index contributed by atoms with van der Waals surface area (Å²) in [5.41, 5.74) is 2.26. The SMILES string of the molecule is COCC1CCN(S(=O)(=O)c2cnc(NN)nc2)CC1. The van der Waals surface area contributed by atoms with Crippen LogP contribution in [-0.2, 0) is 14.8 Å². The third kappa shape index (κ3) is 3.23. The number of hydrazine groups is 1. The molecule has 0 radical (unpaired) electrons. The van der Waals surface area contributed by atoms with E-state index in [0.29, 0.717) is 25.6 Å². The molecule has 20 heavy (non-hydrogen) atoms. The van der Waals surface area contributed by atoms with Crippen LogP contribution >= 0.6 is 0 Å². The van der Waals surface area contributed by atoms with Gasteiger partial charge in [0, 0.05) is 26.8 Å². The first-order valence-electron chi connectivity index (χ1n) is 6.35. The standard InChI is InChI=1S/C11H19N5O3S/c1-19-8-9-2-4-16(5-3-9)20(17,18)10-6-13-11(15-12)14-7-10/h6-7,9H,2-5,8,12H2,1H3,(H,13,14,15). The van der Waals surface area contributed by atoms with Gasteiger partial charge < -0.3 is 4.74 Å². The summed E-state index contributed by atoms with van der Waals surface area (Å²) in [6, 6.07) is 0. The summed E-state index contributed by atoms with van der Waals surface area (Å²) in [5, 5.41) is 0. The van der Waals surface area contributed by atoms with Crippen LogP contribution in [0.15, 0.2) is 17.3 Å². The van der Waals surface area contributed by atoms with E-state index in [2.05, 4.69) is 15.4 Å². The maximum atomic E-state index is 12.4. The van der Waals surface area contributed by atoms with Crippen molar-refractivity contribution in [3.63, 3.8) is 0 Å².